The zero-order valence-electron chi connectivity index (χ0n) is 15.8. The van der Waals surface area contributed by atoms with Crippen molar-refractivity contribution in [2.24, 2.45) is 4.99 Å². The molecule has 1 aromatic heterocycles. The molecule has 2 aliphatic rings. The van der Waals surface area contributed by atoms with Crippen LogP contribution in [0.1, 0.15) is 30.0 Å². The molecule has 0 radical (unpaired) electrons. The fraction of sp³-hybridized carbons (Fsp3) is 0.250. The lowest BCUT2D eigenvalue weighted by Gasteiger charge is -2.35. The van der Waals surface area contributed by atoms with Crippen molar-refractivity contribution in [2.45, 2.75) is 30.9 Å². The van der Waals surface area contributed by atoms with Gasteiger partial charge in [-0.05, 0) is 54.0 Å². The summed E-state index contributed by atoms with van der Waals surface area (Å²) in [5, 5.41) is 12.6. The fourth-order valence-corrected chi connectivity index (χ4v) is 4.40. The van der Waals surface area contributed by atoms with Crippen LogP contribution >= 0.6 is 0 Å². The Hall–Kier alpha value is -2.98. The Balaban J connectivity index is 1.59. The minimum atomic E-state index is -1.05. The van der Waals surface area contributed by atoms with Gasteiger partial charge >= 0.3 is 0 Å². The highest BCUT2D eigenvalue weighted by atomic mass is 16.5. The van der Waals surface area contributed by atoms with E-state index in [9.17, 15) is 5.11 Å². The van der Waals surface area contributed by atoms with Crippen LogP contribution in [0.25, 0.3) is 10.9 Å². The second-order valence-corrected chi connectivity index (χ2v) is 7.81. The first-order valence-corrected chi connectivity index (χ1v) is 9.63. The van der Waals surface area contributed by atoms with Crippen LogP contribution in [-0.2, 0) is 17.6 Å². The summed E-state index contributed by atoms with van der Waals surface area (Å²) in [6.07, 6.45) is 9.02. The van der Waals surface area contributed by atoms with Crippen LogP contribution in [0.5, 0.6) is 5.75 Å². The molecular weight excluding hydrogens is 348 g/mol. The Morgan fingerprint density at radius 2 is 2.07 bits per heavy atom. The van der Waals surface area contributed by atoms with Crippen LogP contribution in [0, 0.1) is 0 Å². The first-order valence-electron chi connectivity index (χ1n) is 9.63. The average Bonchev–Trinajstić information content (AvgIpc) is 3.36. The monoisotopic (exact) mass is 370 g/mol. The molecule has 4 heteroatoms. The predicted octanol–water partition coefficient (Wildman–Crippen LogP) is 4.30. The summed E-state index contributed by atoms with van der Waals surface area (Å²) in [4.78, 5) is 9.31. The van der Waals surface area contributed by atoms with Crippen molar-refractivity contribution in [3.05, 3.63) is 83.6 Å². The smallest absolute Gasteiger partial charge is 0.122 e. The van der Waals surface area contributed by atoms with Gasteiger partial charge in [0.25, 0.3) is 0 Å². The molecule has 2 aromatic carbocycles. The molecule has 1 N–H and O–H groups in total. The molecule has 0 fully saturated rings. The third-order valence-corrected chi connectivity index (χ3v) is 5.80. The van der Waals surface area contributed by atoms with Gasteiger partial charge in [0.1, 0.15) is 11.3 Å². The Bertz CT molecular complexity index is 1100. The maximum Gasteiger partial charge on any atom is 0.122 e. The minimum absolute atomic E-state index is 0.445. The van der Waals surface area contributed by atoms with Gasteiger partial charge in [-0.15, -0.1) is 0 Å². The zero-order valence-corrected chi connectivity index (χ0v) is 15.8. The van der Waals surface area contributed by atoms with E-state index in [4.69, 9.17) is 9.73 Å². The SMILES string of the molecule is CC(O)(CC1(c2ccnc3ccccc23)C=CC=N1)c1ccc2c(c1)CCO2. The van der Waals surface area contributed by atoms with Crippen molar-refractivity contribution in [3.63, 3.8) is 0 Å². The topological polar surface area (TPSA) is 54.7 Å². The number of allylic oxidation sites excluding steroid dienone is 1. The number of ether oxygens (including phenoxy) is 1. The molecule has 2 aliphatic heterocycles. The summed E-state index contributed by atoms with van der Waals surface area (Å²) in [6, 6.07) is 16.1. The normalized spacial score (nSPS) is 22.2. The van der Waals surface area contributed by atoms with Crippen molar-refractivity contribution in [1.82, 2.24) is 4.98 Å². The first kappa shape index (κ1) is 17.1. The third kappa shape index (κ3) is 2.72. The number of fused-ring (bicyclic) bond motifs is 2. The Labute approximate surface area is 164 Å². The lowest BCUT2D eigenvalue weighted by atomic mass is 9.76. The van der Waals surface area contributed by atoms with Crippen LogP contribution in [0.15, 0.2) is 71.9 Å². The number of aliphatic hydroxyl groups is 1. The molecule has 5 rings (SSSR count). The number of rotatable bonds is 4. The lowest BCUT2D eigenvalue weighted by Crippen LogP contribution is -2.33. The predicted molar refractivity (Wildman–Crippen MR) is 111 cm³/mol. The van der Waals surface area contributed by atoms with Gasteiger partial charge in [0, 0.05) is 30.6 Å². The van der Waals surface area contributed by atoms with Gasteiger partial charge in [-0.2, -0.15) is 0 Å². The number of hydrogen-bond acceptors (Lipinski definition) is 4. The van der Waals surface area contributed by atoms with Gasteiger partial charge in [0.05, 0.1) is 17.7 Å². The van der Waals surface area contributed by atoms with E-state index in [0.29, 0.717) is 13.0 Å². The van der Waals surface area contributed by atoms with Gasteiger partial charge in [-0.1, -0.05) is 30.3 Å². The summed E-state index contributed by atoms with van der Waals surface area (Å²) in [5.41, 5.74) is 2.38. The molecule has 140 valence electrons. The minimum Gasteiger partial charge on any atom is -0.493 e. The molecule has 3 heterocycles. The van der Waals surface area contributed by atoms with E-state index in [2.05, 4.69) is 23.2 Å². The van der Waals surface area contributed by atoms with Crippen molar-refractivity contribution in [1.29, 1.82) is 0 Å². The highest BCUT2D eigenvalue weighted by molar-refractivity contribution is 5.85. The van der Waals surface area contributed by atoms with E-state index in [1.807, 2.05) is 61.8 Å². The van der Waals surface area contributed by atoms with Crippen LogP contribution in [-0.4, -0.2) is 22.9 Å². The standard InChI is InChI=1S/C24H22N2O2/c1-23(27,18-7-8-22-17(15-18)10-14-28-22)16-24(11-4-12-26-24)20-9-13-25-21-6-3-2-5-19(20)21/h2-9,11-13,15,27H,10,14,16H2,1H3. The molecule has 0 bridgehead atoms. The molecule has 0 saturated carbocycles. The Kier molecular flexibility index (Phi) is 3.84. The molecule has 0 aliphatic carbocycles. The van der Waals surface area contributed by atoms with E-state index in [-0.39, 0.29) is 0 Å². The average molecular weight is 370 g/mol. The number of para-hydroxylation sites is 1. The molecule has 4 nitrogen and oxygen atoms in total. The number of pyridine rings is 1. The van der Waals surface area contributed by atoms with Crippen LogP contribution in [0.4, 0.5) is 0 Å². The highest BCUT2D eigenvalue weighted by Gasteiger charge is 2.40. The van der Waals surface area contributed by atoms with Crippen molar-refractivity contribution < 1.29 is 9.84 Å². The molecular formula is C24H22N2O2. The van der Waals surface area contributed by atoms with Gasteiger partial charge in [-0.3, -0.25) is 9.98 Å². The summed E-state index contributed by atoms with van der Waals surface area (Å²) < 4.78 is 5.61. The molecule has 2 unspecified atom stereocenters. The second kappa shape index (κ2) is 6.28. The van der Waals surface area contributed by atoms with Crippen molar-refractivity contribution >= 4 is 17.1 Å². The van der Waals surface area contributed by atoms with Crippen LogP contribution in [0.3, 0.4) is 0 Å². The summed E-state index contributed by atoms with van der Waals surface area (Å²) in [7, 11) is 0. The van der Waals surface area contributed by atoms with E-state index in [1.165, 1.54) is 0 Å². The van der Waals surface area contributed by atoms with Crippen LogP contribution in [0.2, 0.25) is 0 Å². The van der Waals surface area contributed by atoms with Crippen LogP contribution < -0.4 is 4.74 Å². The van der Waals surface area contributed by atoms with Gasteiger partial charge < -0.3 is 9.84 Å². The molecule has 2 atom stereocenters. The summed E-state index contributed by atoms with van der Waals surface area (Å²) in [6.45, 7) is 2.58. The van der Waals surface area contributed by atoms with Crippen molar-refractivity contribution in [3.8, 4) is 5.75 Å². The van der Waals surface area contributed by atoms with Gasteiger partial charge in [-0.25, -0.2) is 0 Å². The highest BCUT2D eigenvalue weighted by Crippen LogP contribution is 2.44. The van der Waals surface area contributed by atoms with E-state index in [1.54, 1.807) is 0 Å². The first-order chi connectivity index (χ1) is 13.6. The molecule has 0 saturated heterocycles. The maximum absolute atomic E-state index is 11.5. The van der Waals surface area contributed by atoms with Gasteiger partial charge in [0.2, 0.25) is 0 Å². The van der Waals surface area contributed by atoms with E-state index in [0.717, 1.165) is 39.8 Å². The van der Waals surface area contributed by atoms with Gasteiger partial charge in [0.15, 0.2) is 0 Å². The number of nitrogens with zero attached hydrogens (tertiary/aromatic N) is 2. The number of benzene rings is 2. The molecule has 3 aromatic rings. The quantitative estimate of drug-likeness (QED) is 0.745. The maximum atomic E-state index is 11.5. The third-order valence-electron chi connectivity index (χ3n) is 5.80. The summed E-state index contributed by atoms with van der Waals surface area (Å²) in [5.74, 6) is 0.924. The van der Waals surface area contributed by atoms with E-state index >= 15 is 0 Å². The fourth-order valence-electron chi connectivity index (χ4n) is 4.40. The second-order valence-electron chi connectivity index (χ2n) is 7.81. The van der Waals surface area contributed by atoms with Crippen molar-refractivity contribution in [2.75, 3.05) is 6.61 Å². The lowest BCUT2D eigenvalue weighted by molar-refractivity contribution is 0.0310. The molecule has 28 heavy (non-hydrogen) atoms. The number of hydrogen-bond donors (Lipinski definition) is 1. The van der Waals surface area contributed by atoms with E-state index < -0.39 is 11.1 Å². The zero-order chi connectivity index (χ0) is 19.2. The molecule has 0 spiro atoms. The number of aliphatic imine (C=N–C) groups is 1. The Morgan fingerprint density at radius 3 is 2.93 bits per heavy atom. The summed E-state index contributed by atoms with van der Waals surface area (Å²) >= 11 is 0. The Morgan fingerprint density at radius 1 is 1.18 bits per heavy atom. The number of aromatic nitrogens is 1. The molecule has 0 amide bonds. The largest absolute Gasteiger partial charge is 0.493 e.